The van der Waals surface area contributed by atoms with E-state index in [9.17, 15) is 4.79 Å². The van der Waals surface area contributed by atoms with Crippen molar-refractivity contribution in [3.63, 3.8) is 0 Å². The van der Waals surface area contributed by atoms with Crippen LogP contribution >= 0.6 is 11.3 Å². The van der Waals surface area contributed by atoms with Crippen LogP contribution in [0.3, 0.4) is 0 Å². The summed E-state index contributed by atoms with van der Waals surface area (Å²) in [5, 5.41) is 4.92. The molecule has 1 aliphatic rings. The van der Waals surface area contributed by atoms with Gasteiger partial charge in [-0.25, -0.2) is 4.98 Å². The van der Waals surface area contributed by atoms with E-state index >= 15 is 0 Å². The lowest BCUT2D eigenvalue weighted by Gasteiger charge is -2.37. The molecule has 5 nitrogen and oxygen atoms in total. The van der Waals surface area contributed by atoms with E-state index in [1.54, 1.807) is 17.6 Å². The summed E-state index contributed by atoms with van der Waals surface area (Å²) in [5.74, 6) is 0.496. The molecule has 6 heteroatoms. The van der Waals surface area contributed by atoms with Crippen molar-refractivity contribution >= 4 is 17.2 Å². The molecule has 2 aromatic heterocycles. The summed E-state index contributed by atoms with van der Waals surface area (Å²) >= 11 is 1.58. The standard InChI is InChI=1S/C16H21N3O2S/c1-16(17)7-3-2-5-12(16)14(20)18-9-11-10-21-15(19-11)13-6-4-8-22-13/h4,6,8,10,12H,2-3,5,7,9,17H2,1H3,(H,18,20). The summed E-state index contributed by atoms with van der Waals surface area (Å²) in [6.07, 6.45) is 5.52. The Morgan fingerprint density at radius 1 is 1.59 bits per heavy atom. The molecule has 0 aromatic carbocycles. The second-order valence-electron chi connectivity index (χ2n) is 6.14. The van der Waals surface area contributed by atoms with E-state index in [0.29, 0.717) is 12.4 Å². The van der Waals surface area contributed by atoms with Gasteiger partial charge < -0.3 is 15.5 Å². The van der Waals surface area contributed by atoms with E-state index in [0.717, 1.165) is 36.3 Å². The predicted octanol–water partition coefficient (Wildman–Crippen LogP) is 2.93. The molecule has 0 aliphatic heterocycles. The minimum absolute atomic E-state index is 0.0189. The van der Waals surface area contributed by atoms with Crippen molar-refractivity contribution in [2.24, 2.45) is 11.7 Å². The van der Waals surface area contributed by atoms with Gasteiger partial charge in [-0.15, -0.1) is 11.3 Å². The molecule has 22 heavy (non-hydrogen) atoms. The SMILES string of the molecule is CC1(N)CCCCC1C(=O)NCc1coc(-c2cccs2)n1. The number of oxazole rings is 1. The predicted molar refractivity (Wildman–Crippen MR) is 86.2 cm³/mol. The Balaban J connectivity index is 1.59. The van der Waals surface area contributed by atoms with Crippen LogP contribution in [0, 0.1) is 5.92 Å². The molecular weight excluding hydrogens is 298 g/mol. The minimum Gasteiger partial charge on any atom is -0.443 e. The number of hydrogen-bond acceptors (Lipinski definition) is 5. The summed E-state index contributed by atoms with van der Waals surface area (Å²) in [4.78, 5) is 17.8. The Bertz CT molecular complexity index is 634. The lowest BCUT2D eigenvalue weighted by Crippen LogP contribution is -2.52. The zero-order valence-corrected chi connectivity index (χ0v) is 13.5. The Kier molecular flexibility index (Phi) is 4.31. The molecule has 1 amide bonds. The molecule has 3 N–H and O–H groups in total. The highest BCUT2D eigenvalue weighted by Gasteiger charge is 2.37. The van der Waals surface area contributed by atoms with Gasteiger partial charge in [-0.3, -0.25) is 4.79 Å². The molecule has 1 fully saturated rings. The number of hydrogen-bond donors (Lipinski definition) is 2. The molecule has 0 saturated heterocycles. The quantitative estimate of drug-likeness (QED) is 0.908. The Morgan fingerprint density at radius 2 is 2.45 bits per heavy atom. The summed E-state index contributed by atoms with van der Waals surface area (Å²) in [6.45, 7) is 2.35. The molecule has 3 rings (SSSR count). The van der Waals surface area contributed by atoms with Crippen LogP contribution < -0.4 is 11.1 Å². The van der Waals surface area contributed by atoms with Crippen molar-refractivity contribution in [2.75, 3.05) is 0 Å². The fourth-order valence-corrected chi connectivity index (χ4v) is 3.65. The summed E-state index contributed by atoms with van der Waals surface area (Å²) in [7, 11) is 0. The van der Waals surface area contributed by atoms with Crippen LogP contribution in [-0.4, -0.2) is 16.4 Å². The maximum Gasteiger partial charge on any atom is 0.236 e. The molecule has 1 saturated carbocycles. The Morgan fingerprint density at radius 3 is 3.18 bits per heavy atom. The van der Waals surface area contributed by atoms with E-state index in [-0.39, 0.29) is 11.8 Å². The van der Waals surface area contributed by atoms with E-state index < -0.39 is 5.54 Å². The molecule has 2 aromatic rings. The summed E-state index contributed by atoms with van der Waals surface area (Å²) < 4.78 is 5.45. The molecule has 0 spiro atoms. The first-order chi connectivity index (χ1) is 10.6. The summed E-state index contributed by atoms with van der Waals surface area (Å²) in [6, 6.07) is 3.91. The molecule has 118 valence electrons. The van der Waals surface area contributed by atoms with Gasteiger partial charge in [-0.05, 0) is 31.2 Å². The highest BCUT2D eigenvalue weighted by atomic mass is 32.1. The van der Waals surface area contributed by atoms with Crippen molar-refractivity contribution in [1.82, 2.24) is 10.3 Å². The lowest BCUT2D eigenvalue weighted by molar-refractivity contribution is -0.128. The minimum atomic E-state index is -0.408. The molecule has 0 bridgehead atoms. The third-order valence-corrected chi connectivity index (χ3v) is 5.16. The molecule has 2 atom stereocenters. The van der Waals surface area contributed by atoms with Gasteiger partial charge in [0.05, 0.1) is 23.0 Å². The number of rotatable bonds is 4. The van der Waals surface area contributed by atoms with E-state index in [2.05, 4.69) is 10.3 Å². The number of nitrogens with two attached hydrogens (primary N) is 1. The fourth-order valence-electron chi connectivity index (χ4n) is 2.99. The molecule has 1 aliphatic carbocycles. The van der Waals surface area contributed by atoms with Crippen LogP contribution in [0.15, 0.2) is 28.2 Å². The van der Waals surface area contributed by atoms with Gasteiger partial charge in [0.15, 0.2) is 0 Å². The number of aromatic nitrogens is 1. The first-order valence-corrected chi connectivity index (χ1v) is 8.49. The number of carbonyl (C=O) groups is 1. The zero-order valence-electron chi connectivity index (χ0n) is 12.7. The van der Waals surface area contributed by atoms with Gasteiger partial charge >= 0.3 is 0 Å². The van der Waals surface area contributed by atoms with Crippen LogP contribution in [0.4, 0.5) is 0 Å². The molecule has 0 radical (unpaired) electrons. The van der Waals surface area contributed by atoms with Crippen LogP contribution in [0.25, 0.3) is 10.8 Å². The number of carbonyl (C=O) groups excluding carboxylic acids is 1. The highest BCUT2D eigenvalue weighted by molar-refractivity contribution is 7.13. The smallest absolute Gasteiger partial charge is 0.236 e. The monoisotopic (exact) mass is 319 g/mol. The van der Waals surface area contributed by atoms with E-state index in [4.69, 9.17) is 10.2 Å². The van der Waals surface area contributed by atoms with Gasteiger partial charge in [-0.2, -0.15) is 0 Å². The Hall–Kier alpha value is -1.66. The first kappa shape index (κ1) is 15.2. The Labute approximate surface area is 133 Å². The second kappa shape index (κ2) is 6.22. The van der Waals surface area contributed by atoms with Gasteiger partial charge in [0.25, 0.3) is 0 Å². The van der Waals surface area contributed by atoms with E-state index in [1.807, 2.05) is 24.4 Å². The second-order valence-corrected chi connectivity index (χ2v) is 7.09. The highest BCUT2D eigenvalue weighted by Crippen LogP contribution is 2.31. The van der Waals surface area contributed by atoms with Crippen molar-refractivity contribution in [3.05, 3.63) is 29.5 Å². The number of nitrogens with one attached hydrogen (secondary N) is 1. The fraction of sp³-hybridized carbons (Fsp3) is 0.500. The molecular formula is C16H21N3O2S. The average molecular weight is 319 g/mol. The van der Waals surface area contributed by atoms with Gasteiger partial charge in [0, 0.05) is 5.54 Å². The van der Waals surface area contributed by atoms with E-state index in [1.165, 1.54) is 0 Å². The van der Waals surface area contributed by atoms with Crippen molar-refractivity contribution in [1.29, 1.82) is 0 Å². The summed E-state index contributed by atoms with van der Waals surface area (Å²) in [5.41, 5.74) is 6.59. The van der Waals surface area contributed by atoms with Crippen LogP contribution in [0.5, 0.6) is 0 Å². The topological polar surface area (TPSA) is 81.2 Å². The number of nitrogens with zero attached hydrogens (tertiary/aromatic N) is 1. The third-order valence-electron chi connectivity index (χ3n) is 4.30. The molecule has 2 unspecified atom stereocenters. The first-order valence-electron chi connectivity index (χ1n) is 7.61. The zero-order chi connectivity index (χ0) is 15.6. The van der Waals surface area contributed by atoms with Crippen molar-refractivity contribution in [3.8, 4) is 10.8 Å². The third kappa shape index (κ3) is 3.23. The van der Waals surface area contributed by atoms with Gasteiger partial charge in [0.1, 0.15) is 6.26 Å². The van der Waals surface area contributed by atoms with Crippen LogP contribution in [-0.2, 0) is 11.3 Å². The van der Waals surface area contributed by atoms with Crippen molar-refractivity contribution < 1.29 is 9.21 Å². The van der Waals surface area contributed by atoms with Crippen LogP contribution in [0.2, 0.25) is 0 Å². The number of thiophene rings is 1. The number of amides is 1. The maximum atomic E-state index is 12.4. The average Bonchev–Trinajstić information content (AvgIpc) is 3.15. The molecule has 2 heterocycles. The normalized spacial score (nSPS) is 25.1. The van der Waals surface area contributed by atoms with Gasteiger partial charge in [0.2, 0.25) is 11.8 Å². The van der Waals surface area contributed by atoms with Crippen LogP contribution in [0.1, 0.15) is 38.3 Å². The lowest BCUT2D eigenvalue weighted by atomic mass is 9.74. The van der Waals surface area contributed by atoms with Gasteiger partial charge in [-0.1, -0.05) is 18.9 Å². The maximum absolute atomic E-state index is 12.4. The largest absolute Gasteiger partial charge is 0.443 e. The van der Waals surface area contributed by atoms with Crippen molar-refractivity contribution in [2.45, 2.75) is 44.7 Å².